The molecule has 1 aliphatic heterocycles. The first-order valence-corrected chi connectivity index (χ1v) is 10.1. The quantitative estimate of drug-likeness (QED) is 0.750. The van der Waals surface area contributed by atoms with Crippen LogP contribution in [0.4, 0.5) is 4.39 Å². The summed E-state index contributed by atoms with van der Waals surface area (Å²) in [6.45, 7) is 3.02. The van der Waals surface area contributed by atoms with Gasteiger partial charge in [-0.2, -0.15) is 4.31 Å². The smallest absolute Gasteiger partial charge is 0.246 e. The van der Waals surface area contributed by atoms with Crippen molar-refractivity contribution < 1.29 is 17.5 Å². The Bertz CT molecular complexity index is 841. The molecule has 2 aromatic carbocycles. The van der Waals surface area contributed by atoms with Crippen molar-refractivity contribution in [2.45, 2.75) is 4.90 Å². The van der Waals surface area contributed by atoms with Gasteiger partial charge in [0.25, 0.3) is 0 Å². The van der Waals surface area contributed by atoms with Gasteiger partial charge < -0.3 is 4.74 Å². The zero-order valence-electron chi connectivity index (χ0n) is 14.1. The molecule has 0 amide bonds. The molecule has 3 rings (SSSR count). The molecule has 5 nitrogen and oxygen atoms in total. The molecule has 1 saturated heterocycles. The average molecular weight is 399 g/mol. The molecular weight excluding hydrogens is 379 g/mol. The van der Waals surface area contributed by atoms with Gasteiger partial charge in [-0.25, -0.2) is 12.8 Å². The van der Waals surface area contributed by atoms with Crippen molar-refractivity contribution in [2.24, 2.45) is 0 Å². The van der Waals surface area contributed by atoms with Crippen LogP contribution in [0.1, 0.15) is 0 Å². The minimum Gasteiger partial charge on any atom is -0.492 e. The molecule has 2 aromatic rings. The summed E-state index contributed by atoms with van der Waals surface area (Å²) < 4.78 is 46.2. The fourth-order valence-electron chi connectivity index (χ4n) is 2.83. The molecule has 0 atom stereocenters. The molecular formula is C18H20ClFN2O3S. The van der Waals surface area contributed by atoms with Crippen LogP contribution in [0.15, 0.2) is 53.4 Å². The third-order valence-electron chi connectivity index (χ3n) is 4.26. The minimum absolute atomic E-state index is 0.171. The maximum atomic E-state index is 14.0. The molecule has 1 fully saturated rings. The fraction of sp³-hybridized carbons (Fsp3) is 0.333. The number of para-hydroxylation sites is 1. The topological polar surface area (TPSA) is 49.9 Å². The van der Waals surface area contributed by atoms with Gasteiger partial charge in [-0.15, -0.1) is 0 Å². The van der Waals surface area contributed by atoms with E-state index in [0.717, 1.165) is 11.8 Å². The number of piperazine rings is 1. The normalized spacial score (nSPS) is 16.5. The van der Waals surface area contributed by atoms with E-state index in [9.17, 15) is 12.8 Å². The molecule has 1 heterocycles. The maximum Gasteiger partial charge on any atom is 0.246 e. The first-order valence-electron chi connectivity index (χ1n) is 8.32. The zero-order chi connectivity index (χ0) is 18.6. The van der Waals surface area contributed by atoms with E-state index in [1.54, 1.807) is 0 Å². The predicted octanol–water partition coefficient (Wildman–Crippen LogP) is 2.86. The van der Waals surface area contributed by atoms with Crippen molar-refractivity contribution in [2.75, 3.05) is 39.3 Å². The van der Waals surface area contributed by atoms with Crippen LogP contribution in [0.5, 0.6) is 5.75 Å². The first-order chi connectivity index (χ1) is 12.5. The van der Waals surface area contributed by atoms with Gasteiger partial charge in [0.1, 0.15) is 23.1 Å². The molecule has 140 valence electrons. The second-order valence-corrected chi connectivity index (χ2v) is 8.32. The largest absolute Gasteiger partial charge is 0.492 e. The van der Waals surface area contributed by atoms with Crippen LogP contribution in [0.2, 0.25) is 5.02 Å². The molecule has 0 aliphatic carbocycles. The molecule has 0 bridgehead atoms. The van der Waals surface area contributed by atoms with Crippen LogP contribution in [0.25, 0.3) is 0 Å². The van der Waals surface area contributed by atoms with Crippen molar-refractivity contribution in [3.05, 3.63) is 59.4 Å². The van der Waals surface area contributed by atoms with Crippen LogP contribution < -0.4 is 4.74 Å². The van der Waals surface area contributed by atoms with E-state index in [0.29, 0.717) is 39.3 Å². The second-order valence-electron chi connectivity index (χ2n) is 5.98. The minimum atomic E-state index is -3.85. The highest BCUT2D eigenvalue weighted by molar-refractivity contribution is 7.89. The molecule has 0 radical (unpaired) electrons. The highest BCUT2D eigenvalue weighted by Gasteiger charge is 2.30. The van der Waals surface area contributed by atoms with E-state index < -0.39 is 15.8 Å². The molecule has 0 unspecified atom stereocenters. The number of ether oxygens (including phenoxy) is 1. The van der Waals surface area contributed by atoms with Crippen molar-refractivity contribution in [1.82, 2.24) is 9.21 Å². The fourth-order valence-corrected chi connectivity index (χ4v) is 4.45. The van der Waals surface area contributed by atoms with Gasteiger partial charge in [0, 0.05) is 37.7 Å². The van der Waals surface area contributed by atoms with E-state index in [1.165, 1.54) is 16.4 Å². The van der Waals surface area contributed by atoms with Crippen molar-refractivity contribution in [3.63, 3.8) is 0 Å². The summed E-state index contributed by atoms with van der Waals surface area (Å²) in [4.78, 5) is 1.80. The van der Waals surface area contributed by atoms with Gasteiger partial charge in [-0.3, -0.25) is 4.90 Å². The summed E-state index contributed by atoms with van der Waals surface area (Å²) in [5.74, 6) is -0.0110. The van der Waals surface area contributed by atoms with Crippen molar-refractivity contribution >= 4 is 21.6 Å². The van der Waals surface area contributed by atoms with Gasteiger partial charge >= 0.3 is 0 Å². The summed E-state index contributed by atoms with van der Waals surface area (Å²) in [5.41, 5.74) is 0. The van der Waals surface area contributed by atoms with E-state index in [1.807, 2.05) is 30.3 Å². The van der Waals surface area contributed by atoms with E-state index in [-0.39, 0.29) is 9.92 Å². The van der Waals surface area contributed by atoms with Gasteiger partial charge in [0.15, 0.2) is 0 Å². The number of rotatable bonds is 6. The Morgan fingerprint density at radius 1 is 1.04 bits per heavy atom. The Kier molecular flexibility index (Phi) is 6.13. The van der Waals surface area contributed by atoms with E-state index in [2.05, 4.69) is 4.90 Å². The average Bonchev–Trinajstić information content (AvgIpc) is 2.63. The highest BCUT2D eigenvalue weighted by atomic mass is 35.5. The van der Waals surface area contributed by atoms with E-state index >= 15 is 0 Å². The molecule has 26 heavy (non-hydrogen) atoms. The molecule has 0 saturated carbocycles. The standard InChI is InChI=1S/C18H20ClFN2O3S/c19-15-6-7-18(17(20)14-15)26(23,24)22-10-8-21(9-11-22)12-13-25-16-4-2-1-3-5-16/h1-7,14H,8-13H2. The molecule has 8 heteroatoms. The van der Waals surface area contributed by atoms with Gasteiger partial charge in [-0.1, -0.05) is 29.8 Å². The Labute approximate surface area is 158 Å². The SMILES string of the molecule is O=S(=O)(c1ccc(Cl)cc1F)N1CCN(CCOc2ccccc2)CC1. The summed E-state index contributed by atoms with van der Waals surface area (Å²) in [7, 11) is -3.85. The lowest BCUT2D eigenvalue weighted by molar-refractivity contribution is 0.158. The summed E-state index contributed by atoms with van der Waals surface area (Å²) in [6, 6.07) is 13.2. The number of hydrogen-bond acceptors (Lipinski definition) is 4. The van der Waals surface area contributed by atoms with Crippen LogP contribution in [-0.4, -0.2) is 57.0 Å². The molecule has 0 spiro atoms. The van der Waals surface area contributed by atoms with Crippen LogP contribution >= 0.6 is 11.6 Å². The van der Waals surface area contributed by atoms with Crippen molar-refractivity contribution in [1.29, 1.82) is 0 Å². The van der Waals surface area contributed by atoms with E-state index in [4.69, 9.17) is 16.3 Å². The number of benzene rings is 2. The Balaban J connectivity index is 1.53. The third kappa shape index (κ3) is 4.54. The van der Waals surface area contributed by atoms with Gasteiger partial charge in [0.05, 0.1) is 0 Å². The van der Waals surface area contributed by atoms with Gasteiger partial charge in [-0.05, 0) is 30.3 Å². The molecule has 1 aliphatic rings. The van der Waals surface area contributed by atoms with Gasteiger partial charge in [0.2, 0.25) is 10.0 Å². The first kappa shape index (κ1) is 19.1. The second kappa shape index (κ2) is 8.35. The maximum absolute atomic E-state index is 14.0. The number of hydrogen-bond donors (Lipinski definition) is 0. The lowest BCUT2D eigenvalue weighted by atomic mass is 10.3. The van der Waals surface area contributed by atoms with Crippen LogP contribution in [0.3, 0.4) is 0 Å². The van der Waals surface area contributed by atoms with Crippen LogP contribution in [0, 0.1) is 5.82 Å². The third-order valence-corrected chi connectivity index (χ3v) is 6.43. The Morgan fingerprint density at radius 2 is 1.73 bits per heavy atom. The predicted molar refractivity (Wildman–Crippen MR) is 98.5 cm³/mol. The highest BCUT2D eigenvalue weighted by Crippen LogP contribution is 2.23. The Morgan fingerprint density at radius 3 is 2.38 bits per heavy atom. The Hall–Kier alpha value is -1.67. The monoisotopic (exact) mass is 398 g/mol. The number of sulfonamides is 1. The van der Waals surface area contributed by atoms with Crippen molar-refractivity contribution in [3.8, 4) is 5.75 Å². The van der Waals surface area contributed by atoms with Crippen LogP contribution in [-0.2, 0) is 10.0 Å². The lowest BCUT2D eigenvalue weighted by Crippen LogP contribution is -2.49. The number of halogens is 2. The summed E-state index contributed by atoms with van der Waals surface area (Å²) in [6.07, 6.45) is 0. The summed E-state index contributed by atoms with van der Waals surface area (Å²) >= 11 is 5.70. The molecule has 0 aromatic heterocycles. The molecule has 0 N–H and O–H groups in total. The number of nitrogens with zero attached hydrogens (tertiary/aromatic N) is 2. The zero-order valence-corrected chi connectivity index (χ0v) is 15.7. The lowest BCUT2D eigenvalue weighted by Gasteiger charge is -2.33. The summed E-state index contributed by atoms with van der Waals surface area (Å²) in [5, 5.41) is 0.171.